The lowest BCUT2D eigenvalue weighted by molar-refractivity contribution is 0.187. The molecule has 1 aliphatic rings. The van der Waals surface area contributed by atoms with Crippen molar-refractivity contribution in [3.8, 4) is 0 Å². The van der Waals surface area contributed by atoms with E-state index in [1.54, 1.807) is 13.4 Å². The standard InChI is InChI=1S/C11H18N4O/c1-16-6-8(5-12)15-11-9-3-2-4-10(9)13-7-14-11/h7-8H,2-6,12H2,1H3,(H,13,14,15). The number of nitrogens with one attached hydrogen (secondary N) is 1. The average molecular weight is 222 g/mol. The van der Waals surface area contributed by atoms with Gasteiger partial charge in [0.2, 0.25) is 0 Å². The molecule has 0 saturated heterocycles. The van der Waals surface area contributed by atoms with Crippen LogP contribution in [0, 0.1) is 0 Å². The number of nitrogens with two attached hydrogens (primary N) is 1. The molecule has 0 saturated carbocycles. The molecule has 5 nitrogen and oxygen atoms in total. The Bertz CT molecular complexity index is 356. The minimum absolute atomic E-state index is 0.115. The predicted octanol–water partition coefficient (Wildman–Crippen LogP) is 0.351. The summed E-state index contributed by atoms with van der Waals surface area (Å²) in [7, 11) is 1.68. The Balaban J connectivity index is 2.12. The topological polar surface area (TPSA) is 73.1 Å². The SMILES string of the molecule is COCC(CN)Nc1ncnc2c1CCC2. The van der Waals surface area contributed by atoms with E-state index in [9.17, 15) is 0 Å². The summed E-state index contributed by atoms with van der Waals surface area (Å²) in [6.45, 7) is 1.13. The number of anilines is 1. The maximum absolute atomic E-state index is 5.67. The van der Waals surface area contributed by atoms with Gasteiger partial charge >= 0.3 is 0 Å². The molecule has 1 aromatic rings. The zero-order chi connectivity index (χ0) is 11.4. The maximum Gasteiger partial charge on any atom is 0.133 e. The number of rotatable bonds is 5. The monoisotopic (exact) mass is 222 g/mol. The number of nitrogens with zero attached hydrogens (tertiary/aromatic N) is 2. The third kappa shape index (κ3) is 2.31. The van der Waals surface area contributed by atoms with E-state index in [0.717, 1.165) is 18.7 Å². The minimum atomic E-state index is 0.115. The van der Waals surface area contributed by atoms with Crippen LogP contribution < -0.4 is 11.1 Å². The molecule has 0 bridgehead atoms. The van der Waals surface area contributed by atoms with Crippen molar-refractivity contribution in [3.63, 3.8) is 0 Å². The molecule has 16 heavy (non-hydrogen) atoms. The van der Waals surface area contributed by atoms with Gasteiger partial charge in [0.05, 0.1) is 12.6 Å². The van der Waals surface area contributed by atoms with Crippen molar-refractivity contribution in [2.45, 2.75) is 25.3 Å². The fourth-order valence-corrected chi connectivity index (χ4v) is 2.05. The number of methoxy groups -OCH3 is 1. The zero-order valence-corrected chi connectivity index (χ0v) is 9.57. The molecule has 1 heterocycles. The Labute approximate surface area is 95.4 Å². The van der Waals surface area contributed by atoms with Crippen LogP contribution in [0.4, 0.5) is 5.82 Å². The van der Waals surface area contributed by atoms with Crippen LogP contribution in [0.5, 0.6) is 0 Å². The summed E-state index contributed by atoms with van der Waals surface area (Å²) in [6.07, 6.45) is 4.90. The molecule has 3 N–H and O–H groups in total. The third-order valence-corrected chi connectivity index (χ3v) is 2.87. The van der Waals surface area contributed by atoms with E-state index in [2.05, 4.69) is 15.3 Å². The smallest absolute Gasteiger partial charge is 0.133 e. The molecule has 0 amide bonds. The molecule has 0 fully saturated rings. The van der Waals surface area contributed by atoms with Gasteiger partial charge in [0.1, 0.15) is 12.1 Å². The molecule has 1 aliphatic carbocycles. The molecule has 1 unspecified atom stereocenters. The van der Waals surface area contributed by atoms with Gasteiger partial charge < -0.3 is 15.8 Å². The summed E-state index contributed by atoms with van der Waals surface area (Å²) < 4.78 is 5.10. The number of aryl methyl sites for hydroxylation is 1. The van der Waals surface area contributed by atoms with Crippen molar-refractivity contribution in [2.24, 2.45) is 5.73 Å². The Hall–Kier alpha value is -1.20. The van der Waals surface area contributed by atoms with E-state index in [1.807, 2.05) is 0 Å². The molecule has 0 aliphatic heterocycles. The van der Waals surface area contributed by atoms with E-state index in [-0.39, 0.29) is 6.04 Å². The molecule has 0 radical (unpaired) electrons. The van der Waals surface area contributed by atoms with Crippen molar-refractivity contribution in [3.05, 3.63) is 17.6 Å². The van der Waals surface area contributed by atoms with Crippen LogP contribution in [0.1, 0.15) is 17.7 Å². The number of aromatic nitrogens is 2. The largest absolute Gasteiger partial charge is 0.383 e. The van der Waals surface area contributed by atoms with E-state index in [0.29, 0.717) is 13.2 Å². The van der Waals surface area contributed by atoms with Gasteiger partial charge in [-0.1, -0.05) is 0 Å². The zero-order valence-electron chi connectivity index (χ0n) is 9.57. The number of fused-ring (bicyclic) bond motifs is 1. The fraction of sp³-hybridized carbons (Fsp3) is 0.636. The Morgan fingerprint density at radius 3 is 3.12 bits per heavy atom. The molecular weight excluding hydrogens is 204 g/mol. The summed E-state index contributed by atoms with van der Waals surface area (Å²) in [6, 6.07) is 0.115. The number of hydrogen-bond acceptors (Lipinski definition) is 5. The van der Waals surface area contributed by atoms with Gasteiger partial charge in [0.15, 0.2) is 0 Å². The van der Waals surface area contributed by atoms with Crippen molar-refractivity contribution < 1.29 is 4.74 Å². The second kappa shape index (κ2) is 5.23. The first-order valence-electron chi connectivity index (χ1n) is 5.63. The van der Waals surface area contributed by atoms with Gasteiger partial charge in [0.25, 0.3) is 0 Å². The highest BCUT2D eigenvalue weighted by Gasteiger charge is 2.18. The average Bonchev–Trinajstić information content (AvgIpc) is 2.77. The predicted molar refractivity (Wildman–Crippen MR) is 62.4 cm³/mol. The van der Waals surface area contributed by atoms with Gasteiger partial charge in [-0.05, 0) is 19.3 Å². The van der Waals surface area contributed by atoms with Crippen LogP contribution >= 0.6 is 0 Å². The normalized spacial score (nSPS) is 15.9. The quantitative estimate of drug-likeness (QED) is 0.752. The summed E-state index contributed by atoms with van der Waals surface area (Å²) in [5, 5.41) is 3.33. The van der Waals surface area contributed by atoms with Crippen LogP contribution in [-0.2, 0) is 17.6 Å². The molecule has 0 spiro atoms. The van der Waals surface area contributed by atoms with E-state index >= 15 is 0 Å². The van der Waals surface area contributed by atoms with Crippen LogP contribution in [0.25, 0.3) is 0 Å². The van der Waals surface area contributed by atoms with Crippen molar-refractivity contribution in [1.29, 1.82) is 0 Å². The molecule has 0 aromatic carbocycles. The summed E-state index contributed by atoms with van der Waals surface area (Å²) in [5.74, 6) is 0.926. The summed E-state index contributed by atoms with van der Waals surface area (Å²) >= 11 is 0. The highest BCUT2D eigenvalue weighted by molar-refractivity contribution is 5.48. The van der Waals surface area contributed by atoms with E-state index < -0.39 is 0 Å². The maximum atomic E-state index is 5.67. The van der Waals surface area contributed by atoms with Crippen molar-refractivity contribution >= 4 is 5.82 Å². The lowest BCUT2D eigenvalue weighted by Gasteiger charge is -2.18. The lowest BCUT2D eigenvalue weighted by atomic mass is 10.2. The third-order valence-electron chi connectivity index (χ3n) is 2.87. The number of ether oxygens (including phenoxy) is 1. The number of hydrogen-bond donors (Lipinski definition) is 2. The van der Waals surface area contributed by atoms with Gasteiger partial charge in [-0.15, -0.1) is 0 Å². The molecule has 1 aromatic heterocycles. The van der Waals surface area contributed by atoms with Gasteiger partial charge in [-0.3, -0.25) is 0 Å². The molecule has 2 rings (SSSR count). The lowest BCUT2D eigenvalue weighted by Crippen LogP contribution is -2.33. The van der Waals surface area contributed by atoms with Gasteiger partial charge in [0, 0.05) is 24.9 Å². The molecular formula is C11H18N4O. The van der Waals surface area contributed by atoms with Gasteiger partial charge in [-0.25, -0.2) is 9.97 Å². The Kier molecular flexibility index (Phi) is 3.69. The van der Waals surface area contributed by atoms with Crippen LogP contribution in [-0.4, -0.2) is 36.3 Å². The summed E-state index contributed by atoms with van der Waals surface area (Å²) in [4.78, 5) is 8.57. The minimum Gasteiger partial charge on any atom is -0.383 e. The highest BCUT2D eigenvalue weighted by atomic mass is 16.5. The first-order chi connectivity index (χ1) is 7.85. The van der Waals surface area contributed by atoms with Crippen LogP contribution in [0.15, 0.2) is 6.33 Å². The fourth-order valence-electron chi connectivity index (χ4n) is 2.05. The highest BCUT2D eigenvalue weighted by Crippen LogP contribution is 2.25. The van der Waals surface area contributed by atoms with Crippen LogP contribution in [0.3, 0.4) is 0 Å². The first-order valence-corrected chi connectivity index (χ1v) is 5.63. The molecule has 88 valence electrons. The van der Waals surface area contributed by atoms with Crippen molar-refractivity contribution in [1.82, 2.24) is 9.97 Å². The van der Waals surface area contributed by atoms with E-state index in [1.165, 1.54) is 17.7 Å². The van der Waals surface area contributed by atoms with E-state index in [4.69, 9.17) is 10.5 Å². The first kappa shape index (κ1) is 11.3. The Morgan fingerprint density at radius 1 is 1.50 bits per heavy atom. The molecule has 1 atom stereocenters. The van der Waals surface area contributed by atoms with Gasteiger partial charge in [-0.2, -0.15) is 0 Å². The van der Waals surface area contributed by atoms with Crippen molar-refractivity contribution in [2.75, 3.05) is 25.6 Å². The Morgan fingerprint density at radius 2 is 2.38 bits per heavy atom. The second-order valence-electron chi connectivity index (χ2n) is 4.03. The summed E-state index contributed by atoms with van der Waals surface area (Å²) in [5.41, 5.74) is 8.09. The second-order valence-corrected chi connectivity index (χ2v) is 4.03. The molecule has 5 heteroatoms. The van der Waals surface area contributed by atoms with Crippen LogP contribution in [0.2, 0.25) is 0 Å².